The van der Waals surface area contributed by atoms with Gasteiger partial charge in [-0.15, -0.1) is 0 Å². The lowest BCUT2D eigenvalue weighted by Crippen LogP contribution is -2.19. The van der Waals surface area contributed by atoms with Crippen molar-refractivity contribution >= 4 is 11.6 Å². The van der Waals surface area contributed by atoms with Gasteiger partial charge in [-0.05, 0) is 40.0 Å². The molecule has 0 aromatic heterocycles. The van der Waals surface area contributed by atoms with Crippen LogP contribution in [0.5, 0.6) is 0 Å². The van der Waals surface area contributed by atoms with Gasteiger partial charge in [-0.2, -0.15) is 0 Å². The second-order valence-corrected chi connectivity index (χ2v) is 3.47. The van der Waals surface area contributed by atoms with Gasteiger partial charge in [0.05, 0.1) is 5.92 Å². The Morgan fingerprint density at radius 2 is 1.71 bits per heavy atom. The maximum atomic E-state index is 11.1. The Morgan fingerprint density at radius 3 is 2.14 bits per heavy atom. The standard InChI is InChI=1S/C11H20O3/c1-4-14-8-6-5-7-11(9(2)12)10(3)13/h11H,4-8H2,1-3H3. The summed E-state index contributed by atoms with van der Waals surface area (Å²) in [5.74, 6) is -0.431. The van der Waals surface area contributed by atoms with Gasteiger partial charge in [0.2, 0.25) is 0 Å². The molecule has 0 amide bonds. The van der Waals surface area contributed by atoms with E-state index in [0.29, 0.717) is 6.42 Å². The number of rotatable bonds is 8. The molecule has 0 saturated heterocycles. The molecule has 3 heteroatoms. The predicted molar refractivity (Wildman–Crippen MR) is 55.2 cm³/mol. The fourth-order valence-corrected chi connectivity index (χ4v) is 1.39. The van der Waals surface area contributed by atoms with Crippen molar-refractivity contribution in [3.05, 3.63) is 0 Å². The molecule has 0 radical (unpaired) electrons. The summed E-state index contributed by atoms with van der Waals surface area (Å²) >= 11 is 0. The van der Waals surface area contributed by atoms with Crippen molar-refractivity contribution in [2.75, 3.05) is 13.2 Å². The van der Waals surface area contributed by atoms with E-state index in [9.17, 15) is 9.59 Å². The van der Waals surface area contributed by atoms with E-state index in [4.69, 9.17) is 4.74 Å². The van der Waals surface area contributed by atoms with Crippen LogP contribution < -0.4 is 0 Å². The summed E-state index contributed by atoms with van der Waals surface area (Å²) in [6.07, 6.45) is 2.46. The number of hydrogen-bond donors (Lipinski definition) is 0. The van der Waals surface area contributed by atoms with Gasteiger partial charge in [-0.25, -0.2) is 0 Å². The average molecular weight is 200 g/mol. The highest BCUT2D eigenvalue weighted by Gasteiger charge is 2.18. The van der Waals surface area contributed by atoms with Gasteiger partial charge in [-0.3, -0.25) is 9.59 Å². The molecule has 0 spiro atoms. The van der Waals surface area contributed by atoms with Crippen LogP contribution in [0.3, 0.4) is 0 Å². The normalized spacial score (nSPS) is 10.6. The topological polar surface area (TPSA) is 43.4 Å². The molecule has 3 nitrogen and oxygen atoms in total. The fraction of sp³-hybridized carbons (Fsp3) is 0.818. The van der Waals surface area contributed by atoms with Gasteiger partial charge in [0, 0.05) is 13.2 Å². The summed E-state index contributed by atoms with van der Waals surface area (Å²) < 4.78 is 5.17. The molecule has 0 aliphatic heterocycles. The van der Waals surface area contributed by atoms with Crippen LogP contribution in [0.15, 0.2) is 0 Å². The van der Waals surface area contributed by atoms with E-state index in [1.807, 2.05) is 6.92 Å². The minimum absolute atomic E-state index is 0.0195. The zero-order valence-electron chi connectivity index (χ0n) is 9.34. The van der Waals surface area contributed by atoms with Crippen LogP contribution in [0.2, 0.25) is 0 Å². The molecule has 0 heterocycles. The maximum absolute atomic E-state index is 11.1. The first-order chi connectivity index (χ1) is 6.59. The van der Waals surface area contributed by atoms with E-state index in [1.165, 1.54) is 13.8 Å². The first kappa shape index (κ1) is 13.3. The van der Waals surface area contributed by atoms with Crippen LogP contribution in [-0.4, -0.2) is 24.8 Å². The molecule has 0 aliphatic rings. The summed E-state index contributed by atoms with van der Waals surface area (Å²) in [4.78, 5) is 22.1. The van der Waals surface area contributed by atoms with Gasteiger partial charge in [0.25, 0.3) is 0 Å². The number of ether oxygens (including phenoxy) is 1. The first-order valence-electron chi connectivity index (χ1n) is 5.18. The highest BCUT2D eigenvalue weighted by atomic mass is 16.5. The molecule has 0 rings (SSSR count). The van der Waals surface area contributed by atoms with Gasteiger partial charge in [0.1, 0.15) is 11.6 Å². The van der Waals surface area contributed by atoms with Crippen molar-refractivity contribution in [1.29, 1.82) is 0 Å². The predicted octanol–water partition coefficient (Wildman–Crippen LogP) is 1.99. The largest absolute Gasteiger partial charge is 0.382 e. The molecule has 0 saturated carbocycles. The van der Waals surface area contributed by atoms with Crippen LogP contribution in [0.1, 0.15) is 40.0 Å². The molecule has 0 fully saturated rings. The number of carbonyl (C=O) groups is 2. The van der Waals surface area contributed by atoms with Crippen LogP contribution in [0.4, 0.5) is 0 Å². The van der Waals surface area contributed by atoms with Crippen molar-refractivity contribution in [1.82, 2.24) is 0 Å². The molecule has 0 aliphatic carbocycles. The number of Topliss-reactive ketones (excluding diaryl/α,β-unsaturated/α-hetero) is 2. The Labute approximate surface area is 85.8 Å². The lowest BCUT2D eigenvalue weighted by molar-refractivity contribution is -0.130. The molecule has 0 atom stereocenters. The molecule has 0 unspecified atom stereocenters. The van der Waals surface area contributed by atoms with Crippen LogP contribution >= 0.6 is 0 Å². The Morgan fingerprint density at radius 1 is 1.14 bits per heavy atom. The van der Waals surface area contributed by atoms with Crippen molar-refractivity contribution in [2.24, 2.45) is 5.92 Å². The summed E-state index contributed by atoms with van der Waals surface area (Å²) in [5.41, 5.74) is 0. The van der Waals surface area contributed by atoms with Crippen molar-refractivity contribution in [3.63, 3.8) is 0 Å². The van der Waals surface area contributed by atoms with E-state index in [-0.39, 0.29) is 11.6 Å². The Hall–Kier alpha value is -0.700. The average Bonchev–Trinajstić information content (AvgIpc) is 2.09. The van der Waals surface area contributed by atoms with Gasteiger partial charge >= 0.3 is 0 Å². The summed E-state index contributed by atoms with van der Waals surface area (Å²) in [6, 6.07) is 0. The summed E-state index contributed by atoms with van der Waals surface area (Å²) in [6.45, 7) is 6.36. The monoisotopic (exact) mass is 200 g/mol. The van der Waals surface area contributed by atoms with E-state index in [2.05, 4.69) is 0 Å². The van der Waals surface area contributed by atoms with Crippen LogP contribution in [-0.2, 0) is 14.3 Å². The Kier molecular flexibility index (Phi) is 7.30. The maximum Gasteiger partial charge on any atom is 0.140 e. The van der Waals surface area contributed by atoms with Gasteiger partial charge in [0.15, 0.2) is 0 Å². The number of ketones is 2. The highest BCUT2D eigenvalue weighted by Crippen LogP contribution is 2.11. The zero-order valence-corrected chi connectivity index (χ0v) is 9.34. The molecule has 14 heavy (non-hydrogen) atoms. The third-order valence-corrected chi connectivity index (χ3v) is 2.22. The van der Waals surface area contributed by atoms with E-state index >= 15 is 0 Å². The molecule has 0 aromatic rings. The Balaban J connectivity index is 3.62. The second kappa shape index (κ2) is 7.68. The van der Waals surface area contributed by atoms with E-state index < -0.39 is 5.92 Å². The molecular weight excluding hydrogens is 180 g/mol. The number of hydrogen-bond acceptors (Lipinski definition) is 3. The molecule has 0 bridgehead atoms. The summed E-state index contributed by atoms with van der Waals surface area (Å²) in [5, 5.41) is 0. The van der Waals surface area contributed by atoms with Gasteiger partial charge in [-0.1, -0.05) is 0 Å². The molecular formula is C11H20O3. The van der Waals surface area contributed by atoms with E-state index in [1.54, 1.807) is 0 Å². The lowest BCUT2D eigenvalue weighted by Gasteiger charge is -2.09. The molecule has 82 valence electrons. The van der Waals surface area contributed by atoms with Gasteiger partial charge < -0.3 is 4.74 Å². The number of carbonyl (C=O) groups excluding carboxylic acids is 2. The SMILES string of the molecule is CCOCCCCC(C(C)=O)C(C)=O. The third kappa shape index (κ3) is 5.86. The quantitative estimate of drug-likeness (QED) is 0.444. The van der Waals surface area contributed by atoms with Crippen molar-refractivity contribution in [2.45, 2.75) is 40.0 Å². The van der Waals surface area contributed by atoms with Crippen molar-refractivity contribution in [3.8, 4) is 0 Å². The minimum Gasteiger partial charge on any atom is -0.382 e. The Bertz CT molecular complexity index is 173. The van der Waals surface area contributed by atoms with Crippen LogP contribution in [0, 0.1) is 5.92 Å². The molecule has 0 N–H and O–H groups in total. The van der Waals surface area contributed by atoms with Crippen molar-refractivity contribution < 1.29 is 14.3 Å². The summed E-state index contributed by atoms with van der Waals surface area (Å²) in [7, 11) is 0. The third-order valence-electron chi connectivity index (χ3n) is 2.22. The molecule has 0 aromatic carbocycles. The van der Waals surface area contributed by atoms with E-state index in [0.717, 1.165) is 26.1 Å². The fourth-order valence-electron chi connectivity index (χ4n) is 1.39. The first-order valence-corrected chi connectivity index (χ1v) is 5.18. The number of unbranched alkanes of at least 4 members (excludes halogenated alkanes) is 1. The highest BCUT2D eigenvalue weighted by molar-refractivity contribution is 6.00. The zero-order chi connectivity index (χ0) is 11.0. The van der Waals surface area contributed by atoms with Crippen LogP contribution in [0.25, 0.3) is 0 Å². The lowest BCUT2D eigenvalue weighted by atomic mass is 9.94. The second-order valence-electron chi connectivity index (χ2n) is 3.47. The minimum atomic E-state index is -0.392. The smallest absolute Gasteiger partial charge is 0.140 e.